The highest BCUT2D eigenvalue weighted by molar-refractivity contribution is 6.06. The van der Waals surface area contributed by atoms with Gasteiger partial charge in [-0.3, -0.25) is 0 Å². The molecule has 8 rings (SSSR count). The molecule has 196 valence electrons. The zero-order valence-corrected chi connectivity index (χ0v) is 22.4. The number of fused-ring (bicyclic) bond motifs is 4. The van der Waals surface area contributed by atoms with Crippen molar-refractivity contribution in [1.82, 2.24) is 0 Å². The summed E-state index contributed by atoms with van der Waals surface area (Å²) in [5.41, 5.74) is 11.4. The van der Waals surface area contributed by atoms with Crippen molar-refractivity contribution in [1.29, 1.82) is 0 Å². The van der Waals surface area contributed by atoms with Gasteiger partial charge in [0, 0.05) is 10.8 Å². The maximum atomic E-state index is 6.02. The van der Waals surface area contributed by atoms with Gasteiger partial charge in [-0.15, -0.1) is 0 Å². The van der Waals surface area contributed by atoms with E-state index >= 15 is 0 Å². The van der Waals surface area contributed by atoms with Crippen LogP contribution in [0.15, 0.2) is 150 Å². The first kappa shape index (κ1) is 23.6. The zero-order valence-electron chi connectivity index (χ0n) is 22.4. The highest BCUT2D eigenvalue weighted by Crippen LogP contribution is 2.43. The van der Waals surface area contributed by atoms with Crippen LogP contribution in [0, 0.1) is 0 Å². The van der Waals surface area contributed by atoms with Gasteiger partial charge in [-0.25, -0.2) is 0 Å². The summed E-state index contributed by atoms with van der Waals surface area (Å²) in [6.07, 6.45) is 0. The minimum Gasteiger partial charge on any atom is -0.456 e. The standard InChI is InChI=1S/C38H28N2O/c1-3-9-27(10-4-1)37-38(28-11-5-2-6-12-28)40-34-24-30(19-21-33(34)39-37)26-17-15-25(16-18-26)29-20-22-36-32(23-29)31-13-7-8-14-35(31)41-36/h1-24,37-40H. The lowest BCUT2D eigenvalue weighted by atomic mass is 9.90. The largest absolute Gasteiger partial charge is 0.456 e. The average molecular weight is 529 g/mol. The van der Waals surface area contributed by atoms with Crippen molar-refractivity contribution < 1.29 is 4.42 Å². The molecule has 2 atom stereocenters. The van der Waals surface area contributed by atoms with Crippen molar-refractivity contribution in [2.45, 2.75) is 12.1 Å². The summed E-state index contributed by atoms with van der Waals surface area (Å²) < 4.78 is 6.02. The fourth-order valence-corrected chi connectivity index (χ4v) is 6.10. The van der Waals surface area contributed by atoms with E-state index in [0.29, 0.717) is 0 Å². The van der Waals surface area contributed by atoms with Crippen molar-refractivity contribution in [3.8, 4) is 22.3 Å². The molecule has 2 unspecified atom stereocenters. The van der Waals surface area contributed by atoms with Gasteiger partial charge in [-0.2, -0.15) is 0 Å². The quantitative estimate of drug-likeness (QED) is 0.239. The second-order valence-electron chi connectivity index (χ2n) is 10.7. The predicted octanol–water partition coefficient (Wildman–Crippen LogP) is 10.2. The van der Waals surface area contributed by atoms with E-state index in [1.54, 1.807) is 0 Å². The predicted molar refractivity (Wildman–Crippen MR) is 170 cm³/mol. The van der Waals surface area contributed by atoms with Crippen molar-refractivity contribution in [3.05, 3.63) is 157 Å². The molecule has 0 bridgehead atoms. The maximum Gasteiger partial charge on any atom is 0.135 e. The molecule has 3 heteroatoms. The Morgan fingerprint density at radius 1 is 0.390 bits per heavy atom. The summed E-state index contributed by atoms with van der Waals surface area (Å²) in [5.74, 6) is 0. The van der Waals surface area contributed by atoms with Gasteiger partial charge in [0.25, 0.3) is 0 Å². The molecule has 0 spiro atoms. The average Bonchev–Trinajstić information content (AvgIpc) is 3.43. The first-order chi connectivity index (χ1) is 20.3. The lowest BCUT2D eigenvalue weighted by Gasteiger charge is -2.37. The van der Waals surface area contributed by atoms with Crippen molar-refractivity contribution in [2.75, 3.05) is 10.6 Å². The van der Waals surface area contributed by atoms with Crippen LogP contribution in [0.5, 0.6) is 0 Å². The van der Waals surface area contributed by atoms with Gasteiger partial charge in [0.15, 0.2) is 0 Å². The summed E-state index contributed by atoms with van der Waals surface area (Å²) in [6.45, 7) is 0. The Balaban J connectivity index is 1.11. The summed E-state index contributed by atoms with van der Waals surface area (Å²) in [6, 6.07) is 51.8. The first-order valence-electron chi connectivity index (χ1n) is 14.1. The van der Waals surface area contributed by atoms with Crippen LogP contribution in [-0.4, -0.2) is 0 Å². The van der Waals surface area contributed by atoms with Crippen LogP contribution in [0.2, 0.25) is 0 Å². The highest BCUT2D eigenvalue weighted by atomic mass is 16.3. The lowest BCUT2D eigenvalue weighted by molar-refractivity contribution is 0.636. The molecule has 0 saturated carbocycles. The van der Waals surface area contributed by atoms with Crippen LogP contribution in [0.1, 0.15) is 23.2 Å². The molecule has 41 heavy (non-hydrogen) atoms. The molecular weight excluding hydrogens is 500 g/mol. The minimum absolute atomic E-state index is 0.109. The van der Waals surface area contributed by atoms with Gasteiger partial charge in [-0.1, -0.05) is 115 Å². The van der Waals surface area contributed by atoms with Crippen LogP contribution in [0.3, 0.4) is 0 Å². The SMILES string of the molecule is c1ccc(C2Nc3ccc(-c4ccc(-c5ccc6oc7ccccc7c6c5)cc4)cc3NC2c2ccccc2)cc1. The molecule has 7 aromatic rings. The number of anilines is 2. The Kier molecular flexibility index (Phi) is 5.60. The van der Waals surface area contributed by atoms with Crippen molar-refractivity contribution in [3.63, 3.8) is 0 Å². The molecule has 1 aliphatic rings. The lowest BCUT2D eigenvalue weighted by Crippen LogP contribution is -2.30. The molecule has 2 heterocycles. The Hall–Kier alpha value is -5.28. The van der Waals surface area contributed by atoms with E-state index in [4.69, 9.17) is 4.42 Å². The van der Waals surface area contributed by atoms with E-state index in [9.17, 15) is 0 Å². The first-order valence-corrected chi connectivity index (χ1v) is 14.1. The van der Waals surface area contributed by atoms with Gasteiger partial charge in [-0.05, 0) is 63.7 Å². The van der Waals surface area contributed by atoms with E-state index in [2.05, 4.69) is 144 Å². The minimum atomic E-state index is 0.109. The van der Waals surface area contributed by atoms with Crippen molar-refractivity contribution >= 4 is 33.3 Å². The van der Waals surface area contributed by atoms with Crippen LogP contribution in [-0.2, 0) is 0 Å². The highest BCUT2D eigenvalue weighted by Gasteiger charge is 2.30. The molecule has 2 N–H and O–H groups in total. The molecule has 6 aromatic carbocycles. The van der Waals surface area contributed by atoms with E-state index in [0.717, 1.165) is 33.3 Å². The maximum absolute atomic E-state index is 6.02. The van der Waals surface area contributed by atoms with E-state index < -0.39 is 0 Å². The third-order valence-corrected chi connectivity index (χ3v) is 8.22. The van der Waals surface area contributed by atoms with Gasteiger partial charge in [0.05, 0.1) is 23.5 Å². The van der Waals surface area contributed by atoms with Gasteiger partial charge in [0.2, 0.25) is 0 Å². The number of furan rings is 1. The molecule has 3 nitrogen and oxygen atoms in total. The van der Waals surface area contributed by atoms with E-state index in [1.165, 1.54) is 33.4 Å². The van der Waals surface area contributed by atoms with Crippen molar-refractivity contribution in [2.24, 2.45) is 0 Å². The number of hydrogen-bond acceptors (Lipinski definition) is 3. The van der Waals surface area contributed by atoms with Gasteiger partial charge >= 0.3 is 0 Å². The Bertz CT molecular complexity index is 1990. The van der Waals surface area contributed by atoms with E-state index in [-0.39, 0.29) is 12.1 Å². The number of hydrogen-bond donors (Lipinski definition) is 2. The molecule has 0 amide bonds. The smallest absolute Gasteiger partial charge is 0.135 e. The third kappa shape index (κ3) is 4.23. The summed E-state index contributed by atoms with van der Waals surface area (Å²) in [5, 5.41) is 10.00. The fourth-order valence-electron chi connectivity index (χ4n) is 6.10. The Labute approximate surface area is 239 Å². The molecule has 0 radical (unpaired) electrons. The summed E-state index contributed by atoms with van der Waals surface area (Å²) in [4.78, 5) is 0. The van der Waals surface area contributed by atoms with Crippen LogP contribution in [0.4, 0.5) is 11.4 Å². The molecule has 1 aromatic heterocycles. The van der Waals surface area contributed by atoms with Crippen LogP contribution >= 0.6 is 0 Å². The topological polar surface area (TPSA) is 37.2 Å². The Morgan fingerprint density at radius 3 is 1.59 bits per heavy atom. The van der Waals surface area contributed by atoms with Crippen LogP contribution < -0.4 is 10.6 Å². The molecule has 0 saturated heterocycles. The summed E-state index contributed by atoms with van der Waals surface area (Å²) in [7, 11) is 0. The summed E-state index contributed by atoms with van der Waals surface area (Å²) >= 11 is 0. The number of rotatable bonds is 4. The number of benzene rings is 6. The van der Waals surface area contributed by atoms with Gasteiger partial charge in [0.1, 0.15) is 11.2 Å². The zero-order chi connectivity index (χ0) is 27.2. The second kappa shape index (κ2) is 9.72. The fraction of sp³-hybridized carbons (Fsp3) is 0.0526. The van der Waals surface area contributed by atoms with E-state index in [1.807, 2.05) is 12.1 Å². The second-order valence-corrected chi connectivity index (χ2v) is 10.7. The monoisotopic (exact) mass is 528 g/mol. The third-order valence-electron chi connectivity index (χ3n) is 8.22. The molecule has 1 aliphatic heterocycles. The van der Waals surface area contributed by atoms with Crippen LogP contribution in [0.25, 0.3) is 44.2 Å². The molecule has 0 aliphatic carbocycles. The van der Waals surface area contributed by atoms with Gasteiger partial charge < -0.3 is 15.1 Å². The number of para-hydroxylation sites is 1. The molecular formula is C38H28N2O. The normalized spacial score (nSPS) is 16.2. The Morgan fingerprint density at radius 2 is 0.902 bits per heavy atom. The number of nitrogens with one attached hydrogen (secondary N) is 2. The molecule has 0 fully saturated rings.